The number of aliphatic hydroxyl groups excluding tert-OH is 1. The molecular formula is C13H13NO2. The summed E-state index contributed by atoms with van der Waals surface area (Å²) in [6.45, 7) is 0. The van der Waals surface area contributed by atoms with Gasteiger partial charge in [0.25, 0.3) is 5.91 Å². The molecule has 0 saturated carbocycles. The molecule has 2 aromatic rings. The van der Waals surface area contributed by atoms with Crippen LogP contribution in [0.15, 0.2) is 42.5 Å². The SMILES string of the molecule is CNC(=O)C(O)c1cccc2ccccc12. The van der Waals surface area contributed by atoms with Crippen LogP contribution in [-0.4, -0.2) is 18.1 Å². The number of nitrogens with one attached hydrogen (secondary N) is 1. The highest BCUT2D eigenvalue weighted by Gasteiger charge is 2.17. The molecule has 1 unspecified atom stereocenters. The third-order valence-electron chi connectivity index (χ3n) is 2.61. The highest BCUT2D eigenvalue weighted by molar-refractivity contribution is 5.91. The Morgan fingerprint density at radius 2 is 1.88 bits per heavy atom. The Hall–Kier alpha value is -1.87. The van der Waals surface area contributed by atoms with Crippen LogP contribution < -0.4 is 5.32 Å². The van der Waals surface area contributed by atoms with Crippen LogP contribution in [0.25, 0.3) is 10.8 Å². The molecule has 0 bridgehead atoms. The number of carbonyl (C=O) groups excluding carboxylic acids is 1. The summed E-state index contributed by atoms with van der Waals surface area (Å²) < 4.78 is 0. The van der Waals surface area contributed by atoms with Gasteiger partial charge in [0, 0.05) is 7.05 Å². The minimum atomic E-state index is -1.11. The standard InChI is InChI=1S/C13H13NO2/c1-14-13(16)12(15)11-8-4-6-9-5-2-3-7-10(9)11/h2-8,12,15H,1H3,(H,14,16). The van der Waals surface area contributed by atoms with E-state index in [1.54, 1.807) is 6.07 Å². The predicted octanol–water partition coefficient (Wildman–Crippen LogP) is 1.62. The van der Waals surface area contributed by atoms with E-state index in [9.17, 15) is 9.90 Å². The second-order valence-corrected chi connectivity index (χ2v) is 3.59. The quantitative estimate of drug-likeness (QED) is 0.799. The number of carbonyl (C=O) groups is 1. The predicted molar refractivity (Wildman–Crippen MR) is 63.0 cm³/mol. The van der Waals surface area contributed by atoms with Crippen LogP contribution in [0.5, 0.6) is 0 Å². The molecule has 2 rings (SSSR count). The van der Waals surface area contributed by atoms with Gasteiger partial charge in [-0.15, -0.1) is 0 Å². The molecule has 0 aromatic heterocycles. The molecule has 3 nitrogen and oxygen atoms in total. The van der Waals surface area contributed by atoms with Crippen molar-refractivity contribution in [2.24, 2.45) is 0 Å². The molecular weight excluding hydrogens is 202 g/mol. The second kappa shape index (κ2) is 4.33. The molecule has 2 aromatic carbocycles. The average molecular weight is 215 g/mol. The van der Waals surface area contributed by atoms with Crippen molar-refractivity contribution in [1.29, 1.82) is 0 Å². The molecule has 1 atom stereocenters. The largest absolute Gasteiger partial charge is 0.378 e. The van der Waals surface area contributed by atoms with E-state index < -0.39 is 12.0 Å². The summed E-state index contributed by atoms with van der Waals surface area (Å²) in [4.78, 5) is 11.4. The summed E-state index contributed by atoms with van der Waals surface area (Å²) in [5.74, 6) is -0.392. The lowest BCUT2D eigenvalue weighted by molar-refractivity contribution is -0.129. The van der Waals surface area contributed by atoms with E-state index in [2.05, 4.69) is 5.32 Å². The first-order valence-electron chi connectivity index (χ1n) is 5.11. The maximum absolute atomic E-state index is 11.4. The van der Waals surface area contributed by atoms with Gasteiger partial charge in [0.15, 0.2) is 6.10 Å². The van der Waals surface area contributed by atoms with Gasteiger partial charge in [0.1, 0.15) is 0 Å². The normalized spacial score (nSPS) is 12.4. The fourth-order valence-electron chi connectivity index (χ4n) is 1.77. The summed E-state index contributed by atoms with van der Waals surface area (Å²) in [5, 5.41) is 14.2. The van der Waals surface area contributed by atoms with E-state index in [0.29, 0.717) is 5.56 Å². The number of fused-ring (bicyclic) bond motifs is 1. The van der Waals surface area contributed by atoms with Crippen LogP contribution in [0.1, 0.15) is 11.7 Å². The molecule has 16 heavy (non-hydrogen) atoms. The molecule has 82 valence electrons. The molecule has 0 spiro atoms. The molecule has 0 radical (unpaired) electrons. The molecule has 0 aliphatic rings. The Labute approximate surface area is 93.7 Å². The Morgan fingerprint density at radius 3 is 2.62 bits per heavy atom. The number of amides is 1. The molecule has 1 amide bonds. The van der Waals surface area contributed by atoms with Crippen molar-refractivity contribution in [3.8, 4) is 0 Å². The van der Waals surface area contributed by atoms with Gasteiger partial charge in [-0.1, -0.05) is 42.5 Å². The molecule has 0 heterocycles. The van der Waals surface area contributed by atoms with Gasteiger partial charge < -0.3 is 10.4 Å². The van der Waals surface area contributed by atoms with E-state index in [-0.39, 0.29) is 0 Å². The average Bonchev–Trinajstić information content (AvgIpc) is 2.36. The first kappa shape index (κ1) is 10.6. The van der Waals surface area contributed by atoms with Crippen LogP contribution >= 0.6 is 0 Å². The smallest absolute Gasteiger partial charge is 0.253 e. The van der Waals surface area contributed by atoms with Gasteiger partial charge in [-0.2, -0.15) is 0 Å². The summed E-state index contributed by atoms with van der Waals surface area (Å²) in [6.07, 6.45) is -1.11. The second-order valence-electron chi connectivity index (χ2n) is 3.59. The number of likely N-dealkylation sites (N-methyl/N-ethyl adjacent to an activating group) is 1. The van der Waals surface area contributed by atoms with E-state index in [1.807, 2.05) is 36.4 Å². The molecule has 3 heteroatoms. The molecule has 0 saturated heterocycles. The van der Waals surface area contributed by atoms with E-state index >= 15 is 0 Å². The molecule has 0 aliphatic heterocycles. The van der Waals surface area contributed by atoms with Gasteiger partial charge in [0.05, 0.1) is 0 Å². The van der Waals surface area contributed by atoms with E-state index in [1.165, 1.54) is 7.05 Å². The number of rotatable bonds is 2. The summed E-state index contributed by atoms with van der Waals surface area (Å²) >= 11 is 0. The first-order chi connectivity index (χ1) is 7.74. The summed E-state index contributed by atoms with van der Waals surface area (Å²) in [7, 11) is 1.51. The number of hydrogen-bond acceptors (Lipinski definition) is 2. The first-order valence-corrected chi connectivity index (χ1v) is 5.11. The van der Waals surface area contributed by atoms with Crippen LogP contribution in [0.4, 0.5) is 0 Å². The van der Waals surface area contributed by atoms with Gasteiger partial charge in [-0.25, -0.2) is 0 Å². The fourth-order valence-corrected chi connectivity index (χ4v) is 1.77. The van der Waals surface area contributed by atoms with Crippen molar-refractivity contribution in [3.05, 3.63) is 48.0 Å². The Balaban J connectivity index is 2.56. The Bertz CT molecular complexity index is 517. The van der Waals surface area contributed by atoms with Crippen molar-refractivity contribution >= 4 is 16.7 Å². The summed E-state index contributed by atoms with van der Waals surface area (Å²) in [6, 6.07) is 13.2. The van der Waals surface area contributed by atoms with Gasteiger partial charge >= 0.3 is 0 Å². The Morgan fingerprint density at radius 1 is 1.19 bits per heavy atom. The van der Waals surface area contributed by atoms with Crippen molar-refractivity contribution in [2.75, 3.05) is 7.05 Å². The summed E-state index contributed by atoms with van der Waals surface area (Å²) in [5.41, 5.74) is 0.637. The van der Waals surface area contributed by atoms with Crippen LogP contribution in [0.3, 0.4) is 0 Å². The van der Waals surface area contributed by atoms with Crippen LogP contribution in [0, 0.1) is 0 Å². The third-order valence-corrected chi connectivity index (χ3v) is 2.61. The zero-order valence-electron chi connectivity index (χ0n) is 8.97. The fraction of sp³-hybridized carbons (Fsp3) is 0.154. The van der Waals surface area contributed by atoms with Crippen molar-refractivity contribution < 1.29 is 9.90 Å². The minimum Gasteiger partial charge on any atom is -0.378 e. The highest BCUT2D eigenvalue weighted by Crippen LogP contribution is 2.24. The Kier molecular flexibility index (Phi) is 2.88. The third kappa shape index (κ3) is 1.77. The molecule has 0 aliphatic carbocycles. The zero-order valence-corrected chi connectivity index (χ0v) is 8.97. The van der Waals surface area contributed by atoms with Crippen LogP contribution in [-0.2, 0) is 4.79 Å². The highest BCUT2D eigenvalue weighted by atomic mass is 16.3. The van der Waals surface area contributed by atoms with Gasteiger partial charge in [-0.05, 0) is 16.3 Å². The topological polar surface area (TPSA) is 49.3 Å². The molecule has 0 fully saturated rings. The minimum absolute atomic E-state index is 0.392. The lowest BCUT2D eigenvalue weighted by Crippen LogP contribution is -2.25. The monoisotopic (exact) mass is 215 g/mol. The van der Waals surface area contributed by atoms with Gasteiger partial charge in [-0.3, -0.25) is 4.79 Å². The number of hydrogen-bond donors (Lipinski definition) is 2. The number of aliphatic hydroxyl groups is 1. The molecule has 2 N–H and O–H groups in total. The van der Waals surface area contributed by atoms with Crippen molar-refractivity contribution in [1.82, 2.24) is 5.32 Å². The van der Waals surface area contributed by atoms with E-state index in [0.717, 1.165) is 10.8 Å². The van der Waals surface area contributed by atoms with Gasteiger partial charge in [0.2, 0.25) is 0 Å². The maximum atomic E-state index is 11.4. The maximum Gasteiger partial charge on any atom is 0.253 e. The lowest BCUT2D eigenvalue weighted by atomic mass is 10.00. The lowest BCUT2D eigenvalue weighted by Gasteiger charge is -2.12. The van der Waals surface area contributed by atoms with E-state index in [4.69, 9.17) is 0 Å². The van der Waals surface area contributed by atoms with Crippen LogP contribution in [0.2, 0.25) is 0 Å². The zero-order chi connectivity index (χ0) is 11.5. The number of benzene rings is 2. The van der Waals surface area contributed by atoms with Crippen molar-refractivity contribution in [3.63, 3.8) is 0 Å². The van der Waals surface area contributed by atoms with Crippen molar-refractivity contribution in [2.45, 2.75) is 6.10 Å².